The minimum absolute atomic E-state index is 0.138. The zero-order chi connectivity index (χ0) is 14.0. The van der Waals surface area contributed by atoms with Crippen LogP contribution in [0.25, 0.3) is 0 Å². The van der Waals surface area contributed by atoms with Crippen molar-refractivity contribution in [1.82, 2.24) is 0 Å². The lowest BCUT2D eigenvalue weighted by atomic mass is 10.1. The number of halogens is 3. The van der Waals surface area contributed by atoms with Gasteiger partial charge in [-0.2, -0.15) is 0 Å². The van der Waals surface area contributed by atoms with E-state index in [1.165, 1.54) is 18.2 Å². The molecule has 19 heavy (non-hydrogen) atoms. The number of nitrogens with one attached hydrogen (secondary N) is 1. The summed E-state index contributed by atoms with van der Waals surface area (Å²) in [6, 6.07) is 6.36. The first-order valence-electron chi connectivity index (χ1n) is 5.49. The normalized spacial score (nSPS) is 10.3. The van der Waals surface area contributed by atoms with Crippen LogP contribution in [0.3, 0.4) is 0 Å². The Morgan fingerprint density at radius 3 is 2.16 bits per heavy atom. The molecule has 0 saturated carbocycles. The van der Waals surface area contributed by atoms with Crippen LogP contribution in [-0.4, -0.2) is 5.91 Å². The quantitative estimate of drug-likeness (QED) is 0.882. The first-order chi connectivity index (χ1) is 8.95. The number of anilines is 1. The second kappa shape index (κ2) is 5.14. The monoisotopic (exact) mass is 265 g/mol. The molecule has 0 radical (unpaired) electrons. The molecule has 1 amide bonds. The van der Waals surface area contributed by atoms with Crippen molar-refractivity contribution in [1.29, 1.82) is 0 Å². The lowest BCUT2D eigenvalue weighted by molar-refractivity contribution is 0.102. The molecule has 0 unspecified atom stereocenters. The van der Waals surface area contributed by atoms with E-state index in [2.05, 4.69) is 5.32 Å². The molecule has 0 aliphatic carbocycles. The Balaban J connectivity index is 2.25. The lowest BCUT2D eigenvalue weighted by Gasteiger charge is -2.08. The largest absolute Gasteiger partial charge is 0.322 e. The minimum Gasteiger partial charge on any atom is -0.322 e. The van der Waals surface area contributed by atoms with Gasteiger partial charge in [0.05, 0.1) is 0 Å². The lowest BCUT2D eigenvalue weighted by Crippen LogP contribution is -2.13. The highest BCUT2D eigenvalue weighted by Gasteiger charge is 2.11. The van der Waals surface area contributed by atoms with Gasteiger partial charge in [0.15, 0.2) is 0 Å². The van der Waals surface area contributed by atoms with Gasteiger partial charge in [-0.05, 0) is 42.8 Å². The van der Waals surface area contributed by atoms with Crippen molar-refractivity contribution in [3.8, 4) is 0 Å². The smallest absolute Gasteiger partial charge is 0.255 e. The SMILES string of the molecule is Cc1cc(F)ccc1NC(=O)c1cc(F)cc(F)c1. The number of hydrogen-bond donors (Lipinski definition) is 1. The molecule has 0 fully saturated rings. The zero-order valence-corrected chi connectivity index (χ0v) is 10.0. The van der Waals surface area contributed by atoms with Crippen LogP contribution in [0.1, 0.15) is 15.9 Å². The molecule has 2 aromatic carbocycles. The number of carbonyl (C=O) groups excluding carboxylic acids is 1. The molecule has 0 atom stereocenters. The second-order valence-corrected chi connectivity index (χ2v) is 4.07. The van der Waals surface area contributed by atoms with Crippen LogP contribution in [0.15, 0.2) is 36.4 Å². The number of rotatable bonds is 2. The van der Waals surface area contributed by atoms with E-state index in [1.54, 1.807) is 6.92 Å². The predicted molar refractivity (Wildman–Crippen MR) is 65.4 cm³/mol. The summed E-state index contributed by atoms with van der Waals surface area (Å²) in [5.41, 5.74) is 0.766. The van der Waals surface area contributed by atoms with Gasteiger partial charge >= 0.3 is 0 Å². The molecular weight excluding hydrogens is 255 g/mol. The Bertz CT molecular complexity index is 620. The fourth-order valence-corrected chi connectivity index (χ4v) is 1.65. The van der Waals surface area contributed by atoms with E-state index < -0.39 is 23.4 Å². The van der Waals surface area contributed by atoms with Crippen LogP contribution in [0.5, 0.6) is 0 Å². The summed E-state index contributed by atoms with van der Waals surface area (Å²) in [7, 11) is 0. The summed E-state index contributed by atoms with van der Waals surface area (Å²) in [5.74, 6) is -2.75. The summed E-state index contributed by atoms with van der Waals surface area (Å²) < 4.78 is 38.9. The van der Waals surface area contributed by atoms with Crippen LogP contribution in [0.4, 0.5) is 18.9 Å². The Hall–Kier alpha value is -2.30. The van der Waals surface area contributed by atoms with E-state index in [4.69, 9.17) is 0 Å². The molecule has 5 heteroatoms. The van der Waals surface area contributed by atoms with Crippen LogP contribution < -0.4 is 5.32 Å². The Labute approximate surface area is 107 Å². The molecule has 0 aromatic heterocycles. The van der Waals surface area contributed by atoms with Gasteiger partial charge in [0, 0.05) is 17.3 Å². The highest BCUT2D eigenvalue weighted by atomic mass is 19.1. The number of amides is 1. The number of carbonyl (C=O) groups is 1. The van der Waals surface area contributed by atoms with Gasteiger partial charge in [0.2, 0.25) is 0 Å². The third-order valence-corrected chi connectivity index (χ3v) is 2.56. The molecule has 0 heterocycles. The number of benzene rings is 2. The summed E-state index contributed by atoms with van der Waals surface area (Å²) in [6.45, 7) is 1.62. The minimum atomic E-state index is -0.832. The average molecular weight is 265 g/mol. The van der Waals surface area contributed by atoms with E-state index in [1.807, 2.05) is 0 Å². The standard InChI is InChI=1S/C14H10F3NO/c1-8-4-10(15)2-3-13(8)18-14(19)9-5-11(16)7-12(17)6-9/h2-7H,1H3,(H,18,19). The molecule has 2 nitrogen and oxygen atoms in total. The molecule has 0 aliphatic rings. The van der Waals surface area contributed by atoms with Gasteiger partial charge in [-0.1, -0.05) is 0 Å². The third-order valence-electron chi connectivity index (χ3n) is 2.56. The molecule has 2 rings (SSSR count). The Morgan fingerprint density at radius 2 is 1.58 bits per heavy atom. The van der Waals surface area contributed by atoms with E-state index in [0.717, 1.165) is 12.1 Å². The topological polar surface area (TPSA) is 29.1 Å². The number of aryl methyl sites for hydroxylation is 1. The first kappa shape index (κ1) is 13.1. The molecule has 0 spiro atoms. The molecule has 0 saturated heterocycles. The highest BCUT2D eigenvalue weighted by Crippen LogP contribution is 2.17. The highest BCUT2D eigenvalue weighted by molar-refractivity contribution is 6.04. The van der Waals surface area contributed by atoms with Crippen molar-refractivity contribution in [3.63, 3.8) is 0 Å². The third kappa shape index (κ3) is 3.13. The van der Waals surface area contributed by atoms with Crippen molar-refractivity contribution in [2.45, 2.75) is 6.92 Å². The van der Waals surface area contributed by atoms with Crippen LogP contribution in [0, 0.1) is 24.4 Å². The van der Waals surface area contributed by atoms with E-state index in [0.29, 0.717) is 17.3 Å². The van der Waals surface area contributed by atoms with Gasteiger partial charge in [0.1, 0.15) is 17.5 Å². The van der Waals surface area contributed by atoms with Gasteiger partial charge < -0.3 is 5.32 Å². The van der Waals surface area contributed by atoms with Crippen molar-refractivity contribution < 1.29 is 18.0 Å². The van der Waals surface area contributed by atoms with Crippen LogP contribution in [-0.2, 0) is 0 Å². The molecule has 98 valence electrons. The fraction of sp³-hybridized carbons (Fsp3) is 0.0714. The van der Waals surface area contributed by atoms with Gasteiger partial charge in [-0.15, -0.1) is 0 Å². The zero-order valence-electron chi connectivity index (χ0n) is 10.0. The van der Waals surface area contributed by atoms with Gasteiger partial charge in [0.25, 0.3) is 5.91 Å². The maximum absolute atomic E-state index is 13.0. The molecule has 0 aliphatic heterocycles. The fourth-order valence-electron chi connectivity index (χ4n) is 1.65. The van der Waals surface area contributed by atoms with Crippen LogP contribution in [0.2, 0.25) is 0 Å². The molecule has 2 aromatic rings. The van der Waals surface area contributed by atoms with Crippen LogP contribution >= 0.6 is 0 Å². The maximum Gasteiger partial charge on any atom is 0.255 e. The van der Waals surface area contributed by atoms with Crippen molar-refractivity contribution in [2.24, 2.45) is 0 Å². The average Bonchev–Trinajstić information content (AvgIpc) is 2.31. The Kier molecular flexibility index (Phi) is 3.55. The number of hydrogen-bond acceptors (Lipinski definition) is 1. The molecule has 1 N–H and O–H groups in total. The predicted octanol–water partition coefficient (Wildman–Crippen LogP) is 3.66. The Morgan fingerprint density at radius 1 is 0.947 bits per heavy atom. The maximum atomic E-state index is 13.0. The molecule has 0 bridgehead atoms. The first-order valence-corrected chi connectivity index (χ1v) is 5.49. The summed E-state index contributed by atoms with van der Waals surface area (Å²) in [4.78, 5) is 11.8. The van der Waals surface area contributed by atoms with Crippen molar-refractivity contribution >= 4 is 11.6 Å². The van der Waals surface area contributed by atoms with Gasteiger partial charge in [-0.3, -0.25) is 4.79 Å². The van der Waals surface area contributed by atoms with Crippen molar-refractivity contribution in [2.75, 3.05) is 5.32 Å². The van der Waals surface area contributed by atoms with E-state index >= 15 is 0 Å². The van der Waals surface area contributed by atoms with Gasteiger partial charge in [-0.25, -0.2) is 13.2 Å². The van der Waals surface area contributed by atoms with E-state index in [9.17, 15) is 18.0 Å². The molecular formula is C14H10F3NO. The van der Waals surface area contributed by atoms with Crippen molar-refractivity contribution in [3.05, 3.63) is 65.0 Å². The second-order valence-electron chi connectivity index (χ2n) is 4.07. The summed E-state index contributed by atoms with van der Waals surface area (Å²) in [5, 5.41) is 2.47. The summed E-state index contributed by atoms with van der Waals surface area (Å²) in [6.07, 6.45) is 0. The van der Waals surface area contributed by atoms with E-state index in [-0.39, 0.29) is 5.56 Å². The summed E-state index contributed by atoms with van der Waals surface area (Å²) >= 11 is 0.